The molecule has 0 unspecified atom stereocenters. The van der Waals surface area contributed by atoms with Crippen molar-refractivity contribution in [3.05, 3.63) is 71.9 Å². The molecule has 0 bridgehead atoms. The molecule has 8 heteroatoms. The Kier molecular flexibility index (Phi) is 7.55. The second-order valence-electron chi connectivity index (χ2n) is 9.39. The lowest BCUT2D eigenvalue weighted by atomic mass is 9.95. The van der Waals surface area contributed by atoms with Crippen molar-refractivity contribution in [1.82, 2.24) is 19.8 Å². The molecule has 1 aliphatic heterocycles. The van der Waals surface area contributed by atoms with E-state index in [0.717, 1.165) is 38.7 Å². The summed E-state index contributed by atoms with van der Waals surface area (Å²) < 4.78 is 8.33. The van der Waals surface area contributed by atoms with Gasteiger partial charge in [-0.05, 0) is 43.0 Å². The Morgan fingerprint density at radius 3 is 2.49 bits per heavy atom. The molecule has 0 radical (unpaired) electrons. The number of piperidine rings is 1. The molecule has 7 nitrogen and oxygen atoms in total. The number of nitrogens with zero attached hydrogens (tertiary/aromatic N) is 3. The van der Waals surface area contributed by atoms with Gasteiger partial charge in [0.15, 0.2) is 5.65 Å². The van der Waals surface area contributed by atoms with Gasteiger partial charge in [0.05, 0.1) is 11.8 Å². The van der Waals surface area contributed by atoms with E-state index in [1.54, 1.807) is 18.4 Å². The summed E-state index contributed by atoms with van der Waals surface area (Å²) in [6.07, 6.45) is 2.29. The van der Waals surface area contributed by atoms with Gasteiger partial charge in [-0.3, -0.25) is 9.59 Å². The predicted octanol–water partition coefficient (Wildman–Crippen LogP) is 5.20. The first kappa shape index (κ1) is 25.0. The van der Waals surface area contributed by atoms with Crippen molar-refractivity contribution in [1.29, 1.82) is 0 Å². The van der Waals surface area contributed by atoms with Crippen molar-refractivity contribution in [2.24, 2.45) is 5.92 Å². The summed E-state index contributed by atoms with van der Waals surface area (Å²) >= 11 is 1.60. The van der Waals surface area contributed by atoms with Gasteiger partial charge in [-0.15, -0.1) is 11.3 Å². The summed E-state index contributed by atoms with van der Waals surface area (Å²) in [6.45, 7) is 4.43. The minimum atomic E-state index is -0.0275. The summed E-state index contributed by atoms with van der Waals surface area (Å²) in [6, 6.07) is 20.0. The van der Waals surface area contributed by atoms with Crippen LogP contribution in [0.2, 0.25) is 0 Å². The SMILES string of the molecule is CCCNC(=O)C1CCN(C(=O)c2cc3sc(-c4ccccc4)nc3n2Cc2ccc(OC)cc2)CC1. The van der Waals surface area contributed by atoms with Gasteiger partial charge in [0.1, 0.15) is 16.5 Å². The Hall–Kier alpha value is -3.65. The first-order valence-corrected chi connectivity index (χ1v) is 13.6. The maximum Gasteiger partial charge on any atom is 0.270 e. The molecule has 5 rings (SSSR count). The van der Waals surface area contributed by atoms with Gasteiger partial charge in [-0.1, -0.05) is 49.4 Å². The molecule has 0 spiro atoms. The summed E-state index contributed by atoms with van der Waals surface area (Å²) in [5, 5.41) is 3.93. The largest absolute Gasteiger partial charge is 0.497 e. The number of likely N-dealkylation sites (tertiary alicyclic amines) is 1. The van der Waals surface area contributed by atoms with Crippen molar-refractivity contribution < 1.29 is 14.3 Å². The quantitative estimate of drug-likeness (QED) is 0.349. The van der Waals surface area contributed by atoms with E-state index in [4.69, 9.17) is 9.72 Å². The molecular weight excluding hydrogens is 484 g/mol. The number of fused-ring (bicyclic) bond motifs is 1. The van der Waals surface area contributed by atoms with Crippen LogP contribution in [0.1, 0.15) is 42.2 Å². The summed E-state index contributed by atoms with van der Waals surface area (Å²) in [4.78, 5) is 33.0. The average Bonchev–Trinajstić information content (AvgIpc) is 3.51. The molecule has 2 aromatic heterocycles. The predicted molar refractivity (Wildman–Crippen MR) is 147 cm³/mol. The topological polar surface area (TPSA) is 76.5 Å². The Balaban J connectivity index is 1.42. The van der Waals surface area contributed by atoms with E-state index in [9.17, 15) is 9.59 Å². The highest BCUT2D eigenvalue weighted by molar-refractivity contribution is 7.21. The van der Waals surface area contributed by atoms with E-state index in [2.05, 4.69) is 17.4 Å². The Morgan fingerprint density at radius 1 is 1.08 bits per heavy atom. The van der Waals surface area contributed by atoms with Crippen LogP contribution in [0, 0.1) is 5.92 Å². The van der Waals surface area contributed by atoms with Crippen LogP contribution in [0.5, 0.6) is 5.75 Å². The van der Waals surface area contributed by atoms with E-state index in [1.807, 2.05) is 64.9 Å². The van der Waals surface area contributed by atoms with Crippen molar-refractivity contribution in [3.8, 4) is 16.3 Å². The Morgan fingerprint density at radius 2 is 1.81 bits per heavy atom. The number of carbonyl (C=O) groups excluding carboxylic acids is 2. The third-order valence-electron chi connectivity index (χ3n) is 6.89. The number of benzene rings is 2. The van der Waals surface area contributed by atoms with Crippen LogP contribution in [-0.4, -0.2) is 53.0 Å². The fourth-order valence-corrected chi connectivity index (χ4v) is 5.79. The van der Waals surface area contributed by atoms with Gasteiger partial charge in [0.2, 0.25) is 5.91 Å². The normalized spacial score (nSPS) is 14.2. The summed E-state index contributed by atoms with van der Waals surface area (Å²) in [7, 11) is 1.65. The zero-order chi connectivity index (χ0) is 25.8. The number of rotatable bonds is 8. The Labute approximate surface area is 221 Å². The highest BCUT2D eigenvalue weighted by Crippen LogP contribution is 2.33. The van der Waals surface area contributed by atoms with Crippen molar-refractivity contribution in [3.63, 3.8) is 0 Å². The first-order chi connectivity index (χ1) is 18.1. The van der Waals surface area contributed by atoms with Gasteiger partial charge in [-0.25, -0.2) is 4.98 Å². The van der Waals surface area contributed by atoms with Crippen molar-refractivity contribution >= 4 is 33.5 Å². The van der Waals surface area contributed by atoms with E-state index >= 15 is 0 Å². The fraction of sp³-hybridized carbons (Fsp3) is 0.345. The number of ether oxygens (including phenoxy) is 1. The fourth-order valence-electron chi connectivity index (χ4n) is 4.78. The van der Waals surface area contributed by atoms with Crippen LogP contribution in [0.15, 0.2) is 60.7 Å². The first-order valence-electron chi connectivity index (χ1n) is 12.8. The smallest absolute Gasteiger partial charge is 0.270 e. The van der Waals surface area contributed by atoms with Gasteiger partial charge in [-0.2, -0.15) is 0 Å². The minimum absolute atomic E-state index is 0.00705. The van der Waals surface area contributed by atoms with E-state index in [1.165, 1.54) is 0 Å². The van der Waals surface area contributed by atoms with Crippen LogP contribution >= 0.6 is 11.3 Å². The summed E-state index contributed by atoms with van der Waals surface area (Å²) in [5.41, 5.74) is 3.58. The second-order valence-corrected chi connectivity index (χ2v) is 10.4. The standard InChI is InChI=1S/C29H32N4O3S/c1-3-15-30-27(34)21-13-16-32(17-14-21)29(35)24-18-25-26(31-28(37-25)22-7-5-4-6-8-22)33(24)19-20-9-11-23(36-2)12-10-20/h4-12,18,21H,3,13-17,19H2,1-2H3,(H,30,34). The van der Waals surface area contributed by atoms with Gasteiger partial charge < -0.3 is 19.5 Å². The molecule has 37 heavy (non-hydrogen) atoms. The molecule has 2 aromatic carbocycles. The number of aromatic nitrogens is 2. The number of thiazole rings is 1. The van der Waals surface area contributed by atoms with E-state index in [-0.39, 0.29) is 17.7 Å². The number of hydrogen-bond acceptors (Lipinski definition) is 5. The molecule has 1 N–H and O–H groups in total. The second kappa shape index (κ2) is 11.2. The zero-order valence-corrected chi connectivity index (χ0v) is 22.1. The minimum Gasteiger partial charge on any atom is -0.497 e. The number of nitrogens with one attached hydrogen (secondary N) is 1. The number of amides is 2. The Bertz CT molecular complexity index is 1370. The molecule has 1 fully saturated rings. The third kappa shape index (κ3) is 5.39. The zero-order valence-electron chi connectivity index (χ0n) is 21.3. The number of methoxy groups -OCH3 is 1. The van der Waals surface area contributed by atoms with Crippen LogP contribution in [-0.2, 0) is 11.3 Å². The van der Waals surface area contributed by atoms with E-state index in [0.29, 0.717) is 44.7 Å². The van der Waals surface area contributed by atoms with Gasteiger partial charge in [0, 0.05) is 37.7 Å². The monoisotopic (exact) mass is 516 g/mol. The summed E-state index contributed by atoms with van der Waals surface area (Å²) in [5.74, 6) is 0.867. The molecule has 0 saturated carbocycles. The van der Waals surface area contributed by atoms with Gasteiger partial charge >= 0.3 is 0 Å². The van der Waals surface area contributed by atoms with Crippen LogP contribution in [0.3, 0.4) is 0 Å². The maximum absolute atomic E-state index is 13.7. The molecule has 0 aliphatic carbocycles. The van der Waals surface area contributed by atoms with Crippen molar-refractivity contribution in [2.75, 3.05) is 26.7 Å². The molecule has 0 atom stereocenters. The lowest BCUT2D eigenvalue weighted by molar-refractivity contribution is -0.126. The highest BCUT2D eigenvalue weighted by Gasteiger charge is 2.30. The maximum atomic E-state index is 13.7. The van der Waals surface area contributed by atoms with Crippen LogP contribution in [0.25, 0.3) is 20.9 Å². The number of carbonyl (C=O) groups is 2. The van der Waals surface area contributed by atoms with E-state index < -0.39 is 0 Å². The molecule has 4 aromatic rings. The molecular formula is C29H32N4O3S. The molecule has 3 heterocycles. The van der Waals surface area contributed by atoms with Crippen LogP contribution in [0.4, 0.5) is 0 Å². The molecule has 1 aliphatic rings. The third-order valence-corrected chi connectivity index (χ3v) is 7.93. The number of hydrogen-bond donors (Lipinski definition) is 1. The average molecular weight is 517 g/mol. The van der Waals surface area contributed by atoms with Crippen molar-refractivity contribution in [2.45, 2.75) is 32.7 Å². The van der Waals surface area contributed by atoms with Gasteiger partial charge in [0.25, 0.3) is 5.91 Å². The molecule has 1 saturated heterocycles. The molecule has 2 amide bonds. The lowest BCUT2D eigenvalue weighted by Gasteiger charge is -2.31. The highest BCUT2D eigenvalue weighted by atomic mass is 32.1. The van der Waals surface area contributed by atoms with Crippen LogP contribution < -0.4 is 10.1 Å². The lowest BCUT2D eigenvalue weighted by Crippen LogP contribution is -2.43. The molecule has 192 valence electrons.